The van der Waals surface area contributed by atoms with Crippen molar-refractivity contribution in [2.75, 3.05) is 7.05 Å². The Labute approximate surface area is 122 Å². The number of hydrogen-bond acceptors (Lipinski definition) is 4. The molecule has 0 aliphatic heterocycles. The van der Waals surface area contributed by atoms with Crippen LogP contribution in [0.25, 0.3) is 0 Å². The van der Waals surface area contributed by atoms with Crippen molar-refractivity contribution in [2.45, 2.75) is 32.9 Å². The molecule has 0 saturated heterocycles. The summed E-state index contributed by atoms with van der Waals surface area (Å²) in [5, 5.41) is 6.05. The minimum absolute atomic E-state index is 0.293. The Kier molecular flexibility index (Phi) is 5.09. The molecule has 0 unspecified atom stereocenters. The average molecular weight is 294 g/mol. The first kappa shape index (κ1) is 14.9. The highest BCUT2D eigenvalue weighted by molar-refractivity contribution is 7.09. The van der Waals surface area contributed by atoms with Gasteiger partial charge in [-0.25, -0.2) is 9.37 Å². The molecule has 1 aromatic carbocycles. The van der Waals surface area contributed by atoms with Crippen molar-refractivity contribution in [3.63, 3.8) is 0 Å². The third-order valence-corrected chi connectivity index (χ3v) is 4.04. The summed E-state index contributed by atoms with van der Waals surface area (Å²) in [6.45, 7) is 5.07. The Hall–Kier alpha value is -1.46. The summed E-state index contributed by atoms with van der Waals surface area (Å²) in [6, 6.07) is 4.96. The standard InChI is InChI=1S/C15H19FN2OS/c1-10(2)15-18-12(9-20-15)8-19-14-11(7-17-3)5-4-6-13(14)16/h4-6,9-10,17H,7-8H2,1-3H3. The molecule has 108 valence electrons. The van der Waals surface area contributed by atoms with Gasteiger partial charge >= 0.3 is 0 Å². The maximum Gasteiger partial charge on any atom is 0.165 e. The van der Waals surface area contributed by atoms with Gasteiger partial charge < -0.3 is 10.1 Å². The number of thiazole rings is 1. The molecule has 0 fully saturated rings. The second-order valence-corrected chi connectivity index (χ2v) is 5.77. The monoisotopic (exact) mass is 294 g/mol. The number of halogens is 1. The Morgan fingerprint density at radius 3 is 2.85 bits per heavy atom. The first-order valence-corrected chi connectivity index (χ1v) is 7.49. The lowest BCUT2D eigenvalue weighted by molar-refractivity contribution is 0.282. The second-order valence-electron chi connectivity index (χ2n) is 4.88. The van der Waals surface area contributed by atoms with Crippen molar-refractivity contribution in [1.82, 2.24) is 10.3 Å². The molecule has 1 heterocycles. The van der Waals surface area contributed by atoms with Gasteiger partial charge in [0.1, 0.15) is 6.61 Å². The Bertz CT molecular complexity index is 569. The average Bonchev–Trinajstić information content (AvgIpc) is 2.87. The third-order valence-electron chi connectivity index (χ3n) is 2.84. The van der Waals surface area contributed by atoms with Crippen LogP contribution in [0.15, 0.2) is 23.6 Å². The van der Waals surface area contributed by atoms with Crippen LogP contribution in [0.1, 0.15) is 36.0 Å². The minimum atomic E-state index is -0.336. The lowest BCUT2D eigenvalue weighted by Gasteiger charge is -2.11. The van der Waals surface area contributed by atoms with Crippen LogP contribution in [-0.2, 0) is 13.2 Å². The van der Waals surface area contributed by atoms with E-state index in [0.29, 0.717) is 24.8 Å². The van der Waals surface area contributed by atoms with E-state index in [2.05, 4.69) is 24.1 Å². The van der Waals surface area contributed by atoms with Crippen LogP contribution < -0.4 is 10.1 Å². The van der Waals surface area contributed by atoms with Gasteiger partial charge in [0.15, 0.2) is 11.6 Å². The van der Waals surface area contributed by atoms with Crippen LogP contribution in [0.5, 0.6) is 5.75 Å². The normalized spacial score (nSPS) is 11.1. The van der Waals surface area contributed by atoms with Gasteiger partial charge in [-0.05, 0) is 13.1 Å². The zero-order valence-electron chi connectivity index (χ0n) is 11.9. The van der Waals surface area contributed by atoms with Crippen LogP contribution in [0.2, 0.25) is 0 Å². The van der Waals surface area contributed by atoms with Gasteiger partial charge in [-0.1, -0.05) is 26.0 Å². The molecule has 0 aliphatic carbocycles. The number of nitrogens with one attached hydrogen (secondary N) is 1. The van der Waals surface area contributed by atoms with Gasteiger partial charge in [0.05, 0.1) is 10.7 Å². The molecule has 0 radical (unpaired) electrons. The summed E-state index contributed by atoms with van der Waals surface area (Å²) in [7, 11) is 1.82. The zero-order valence-corrected chi connectivity index (χ0v) is 12.8. The Morgan fingerprint density at radius 2 is 2.20 bits per heavy atom. The number of ether oxygens (including phenoxy) is 1. The molecule has 2 aromatic rings. The predicted molar refractivity (Wildman–Crippen MR) is 79.7 cm³/mol. The van der Waals surface area contributed by atoms with Gasteiger partial charge in [-0.3, -0.25) is 0 Å². The van der Waals surface area contributed by atoms with Gasteiger partial charge in [0.25, 0.3) is 0 Å². The van der Waals surface area contributed by atoms with Crippen LogP contribution >= 0.6 is 11.3 Å². The highest BCUT2D eigenvalue weighted by Gasteiger charge is 2.11. The number of hydrogen-bond donors (Lipinski definition) is 1. The van der Waals surface area contributed by atoms with Crippen molar-refractivity contribution in [1.29, 1.82) is 0 Å². The van der Waals surface area contributed by atoms with E-state index >= 15 is 0 Å². The number of para-hydroxylation sites is 1. The number of nitrogens with zero attached hydrogens (tertiary/aromatic N) is 1. The van der Waals surface area contributed by atoms with Crippen molar-refractivity contribution in [3.05, 3.63) is 45.7 Å². The molecule has 1 N–H and O–H groups in total. The predicted octanol–water partition coefficient (Wildman–Crippen LogP) is 3.70. The first-order valence-electron chi connectivity index (χ1n) is 6.61. The van der Waals surface area contributed by atoms with Crippen molar-refractivity contribution >= 4 is 11.3 Å². The molecule has 0 spiro atoms. The summed E-state index contributed by atoms with van der Waals surface area (Å²) in [5.74, 6) is 0.375. The van der Waals surface area contributed by atoms with Gasteiger partial charge in [0.2, 0.25) is 0 Å². The molecular weight excluding hydrogens is 275 g/mol. The lowest BCUT2D eigenvalue weighted by Crippen LogP contribution is -2.09. The van der Waals surface area contributed by atoms with E-state index < -0.39 is 0 Å². The van der Waals surface area contributed by atoms with E-state index in [1.165, 1.54) is 6.07 Å². The fourth-order valence-electron chi connectivity index (χ4n) is 1.85. The second kappa shape index (κ2) is 6.81. The Morgan fingerprint density at radius 1 is 1.40 bits per heavy atom. The fraction of sp³-hybridized carbons (Fsp3) is 0.400. The van der Waals surface area contributed by atoms with E-state index in [-0.39, 0.29) is 5.82 Å². The molecule has 0 aliphatic rings. The quantitative estimate of drug-likeness (QED) is 0.882. The summed E-state index contributed by atoms with van der Waals surface area (Å²) >= 11 is 1.61. The van der Waals surface area contributed by atoms with Crippen LogP contribution in [0.3, 0.4) is 0 Å². The summed E-state index contributed by atoms with van der Waals surface area (Å²) < 4.78 is 19.5. The van der Waals surface area contributed by atoms with E-state index in [4.69, 9.17) is 4.74 Å². The molecule has 3 nitrogen and oxygen atoms in total. The molecule has 0 saturated carbocycles. The smallest absolute Gasteiger partial charge is 0.165 e. The van der Waals surface area contributed by atoms with Crippen molar-refractivity contribution < 1.29 is 9.13 Å². The third kappa shape index (κ3) is 3.55. The minimum Gasteiger partial charge on any atom is -0.484 e. The summed E-state index contributed by atoms with van der Waals surface area (Å²) in [5.41, 5.74) is 1.66. The molecule has 0 amide bonds. The summed E-state index contributed by atoms with van der Waals surface area (Å²) in [4.78, 5) is 4.49. The van der Waals surface area contributed by atoms with Crippen LogP contribution in [0, 0.1) is 5.82 Å². The molecule has 1 aromatic heterocycles. The number of rotatable bonds is 6. The van der Waals surface area contributed by atoms with Crippen LogP contribution in [0.4, 0.5) is 4.39 Å². The molecule has 2 rings (SSSR count). The topological polar surface area (TPSA) is 34.1 Å². The maximum atomic E-state index is 13.8. The van der Waals surface area contributed by atoms with Crippen molar-refractivity contribution in [2.24, 2.45) is 0 Å². The Balaban J connectivity index is 2.09. The number of aromatic nitrogens is 1. The van der Waals surface area contributed by atoms with Crippen LogP contribution in [-0.4, -0.2) is 12.0 Å². The van der Waals surface area contributed by atoms with E-state index in [0.717, 1.165) is 16.3 Å². The molecule has 0 atom stereocenters. The highest BCUT2D eigenvalue weighted by atomic mass is 32.1. The molecular formula is C15H19FN2OS. The maximum absolute atomic E-state index is 13.8. The van der Waals surface area contributed by atoms with E-state index in [1.54, 1.807) is 17.4 Å². The van der Waals surface area contributed by atoms with Gasteiger partial charge in [-0.15, -0.1) is 11.3 Å². The lowest BCUT2D eigenvalue weighted by atomic mass is 10.2. The highest BCUT2D eigenvalue weighted by Crippen LogP contribution is 2.25. The van der Waals surface area contributed by atoms with Gasteiger partial charge in [0, 0.05) is 23.4 Å². The number of benzene rings is 1. The SMILES string of the molecule is CNCc1cccc(F)c1OCc1csc(C(C)C)n1. The van der Waals surface area contributed by atoms with Gasteiger partial charge in [-0.2, -0.15) is 0 Å². The molecule has 5 heteroatoms. The first-order chi connectivity index (χ1) is 9.61. The van der Waals surface area contributed by atoms with Crippen molar-refractivity contribution in [3.8, 4) is 5.75 Å². The zero-order chi connectivity index (χ0) is 14.5. The summed E-state index contributed by atoms with van der Waals surface area (Å²) in [6.07, 6.45) is 0. The fourth-order valence-corrected chi connectivity index (χ4v) is 2.66. The largest absolute Gasteiger partial charge is 0.484 e. The van der Waals surface area contributed by atoms with E-state index in [9.17, 15) is 4.39 Å². The molecule has 0 bridgehead atoms. The molecule has 20 heavy (non-hydrogen) atoms. The van der Waals surface area contributed by atoms with E-state index in [1.807, 2.05) is 18.5 Å².